The van der Waals surface area contributed by atoms with Crippen molar-refractivity contribution in [3.8, 4) is 80.1 Å². The number of hydrogen-bond donors (Lipinski definition) is 21. The van der Waals surface area contributed by atoms with E-state index in [9.17, 15) is 85.6 Å². The summed E-state index contributed by atoms with van der Waals surface area (Å²) in [5.41, 5.74) is -3.29. The third-order valence-electron chi connectivity index (χ3n) is 21.6. The minimum Gasteiger partial charge on any atom is -0.508 e. The van der Waals surface area contributed by atoms with Gasteiger partial charge in [-0.25, -0.2) is 9.59 Å². The van der Waals surface area contributed by atoms with Gasteiger partial charge in [-0.3, -0.25) is 33.6 Å². The lowest BCUT2D eigenvalue weighted by molar-refractivity contribution is -0.277. The molecule has 8 aliphatic heterocycles. The number of carbonyl (C=O) groups excluding carboxylic acids is 7. The predicted molar refractivity (Wildman–Crippen MR) is 424 cm³/mol. The number of aliphatic carboxylic acids is 2. The van der Waals surface area contributed by atoms with E-state index >= 15 is 24.0 Å². The number of likely N-dealkylation sites (N-methyl/N-ethyl adjacent to an activating group) is 1. The number of carboxylic acid groups (broad SMARTS) is 2. The van der Waals surface area contributed by atoms with Crippen LogP contribution in [0.3, 0.4) is 0 Å². The van der Waals surface area contributed by atoms with Gasteiger partial charge in [0, 0.05) is 47.2 Å². The fourth-order valence-electron chi connectivity index (χ4n) is 15.2. The Morgan fingerprint density at radius 3 is 1.86 bits per heavy atom. The first-order valence-electron chi connectivity index (χ1n) is 38.9. The number of halogens is 2. The third kappa shape index (κ3) is 18.9. The van der Waals surface area contributed by atoms with Crippen molar-refractivity contribution >= 4 is 76.5 Å². The van der Waals surface area contributed by atoms with Crippen LogP contribution < -0.4 is 66.2 Å². The summed E-state index contributed by atoms with van der Waals surface area (Å²) in [5, 5.41) is 167. The summed E-state index contributed by atoms with van der Waals surface area (Å²) in [7, 11) is 1.42. The maximum absolute atomic E-state index is 16.7. The Hall–Kier alpha value is -11.9. The number of carbonyl (C=O) groups is 9. The molecule has 0 aliphatic carbocycles. The minimum atomic E-state index is -2.47. The first kappa shape index (κ1) is 88.0. The van der Waals surface area contributed by atoms with Crippen molar-refractivity contribution < 1.29 is 143 Å². The van der Waals surface area contributed by atoms with E-state index < -0.39 is 271 Å². The number of aliphatic hydroxyl groups is 7. The topological polar surface area (TPSA) is 577 Å². The number of rotatable bonds is 18. The molecule has 21 N–H and O–H groups in total. The second-order valence-electron chi connectivity index (χ2n) is 30.6. The fourth-order valence-corrected chi connectivity index (χ4v) is 15.6. The fraction of sp³-hybridized carbons (Fsp3) is 0.386. The largest absolute Gasteiger partial charge is 0.508 e. The molecular formula is C83H88Cl2N8O29. The van der Waals surface area contributed by atoms with Gasteiger partial charge in [-0.15, -0.1) is 0 Å². The molecule has 39 heteroatoms. The molecule has 12 unspecified atom stereocenters. The number of fused-ring (bicyclic) bond motifs is 14. The molecule has 7 aromatic carbocycles. The third-order valence-corrected chi connectivity index (χ3v) is 22.3. The zero-order valence-corrected chi connectivity index (χ0v) is 66.6. The van der Waals surface area contributed by atoms with Crippen LogP contribution in [0.1, 0.15) is 140 Å². The van der Waals surface area contributed by atoms with Crippen LogP contribution >= 0.6 is 23.2 Å². The van der Waals surface area contributed by atoms with E-state index in [4.69, 9.17) is 56.4 Å². The van der Waals surface area contributed by atoms with Crippen LogP contribution in [0.15, 0.2) is 115 Å². The standard InChI is InChI=1S/C83H88Cl2N8O29/c1-33(2)10-8-6-4-5-7-9-11-56(99)88-65-68(102)70(104)73(81(114)115)122-82(65)121-72-53-26-38-27-54(72)118-50-21-16-37(24-45(50)84)66(100)64-79(111)92-63(80(112)113)43-28-39(95)29-52(119-83-71(105)69(103)67(101)55(32-94)120-83)57(43)42-23-35(14-19-47(42)96)60(76(108)93-64)89-77(109)61(38)90-78(110)62-44-30-41(31-49(98)58(44)85)117-51-25-36(15-20-48(51)97)59(86-3)75(107)87-46(74(106)91-62)22-34-12-17-40(116-53)18-13-34/h12-21,23-31,33,46,55,59-71,73,82-83,86,94-98,100-105H,4-11,22,32H2,1-3H3,(H,87,107)(H,88,99)(H,89,109)(H,90,110)(H,91,106)(H,92,111)(H,93,108)(H,112,113)(H,114,115)/t46?,55?,59-,60?,61?,62?,63?,64?,65?,66-,67-,68-,69?,70?,71?,73?,82-,83+/m1/s1. The molecule has 2 saturated heterocycles. The molecule has 8 heterocycles. The Labute approximate surface area is 703 Å². The first-order valence-corrected chi connectivity index (χ1v) is 39.7. The van der Waals surface area contributed by atoms with E-state index in [0.717, 1.165) is 105 Å². The Bertz CT molecular complexity index is 5200. The summed E-state index contributed by atoms with van der Waals surface area (Å²) in [6.07, 6.45) is -16.3. The zero-order valence-electron chi connectivity index (χ0n) is 65.1. The highest BCUT2D eigenvalue weighted by atomic mass is 35.5. The number of benzene rings is 7. The molecule has 0 spiro atoms. The van der Waals surface area contributed by atoms with E-state index in [2.05, 4.69) is 56.4 Å². The van der Waals surface area contributed by atoms with Gasteiger partial charge < -0.3 is 142 Å². The number of aromatic hydroxyl groups is 4. The van der Waals surface area contributed by atoms with E-state index in [-0.39, 0.29) is 40.4 Å². The molecule has 0 radical (unpaired) electrons. The monoisotopic (exact) mass is 1730 g/mol. The summed E-state index contributed by atoms with van der Waals surface area (Å²) < 4.78 is 44.0. The molecule has 2 fully saturated rings. The average Bonchev–Trinajstić information content (AvgIpc) is 0.760. The SMILES string of the molecule is CN[C@H]1C(=O)NC2Cc3ccc(cc3)Oc3cc4cc(c3O[C@@H]3OC(C(=O)O)C(O)[C@H](O)C3NC(=O)CCCCCCCCC(C)C)Oc3ccc(cc3Cl)[C@@H](O)C3NC(=O)C(NC(=O)C4NC(=O)C(NC2=O)c2cc(cc(O)c2Cl)Oc2cc1ccc2O)c1ccc(O)c(c1)-c1c(O[C@H]2OC(CO)[C@@H](O)C(O)C2O)cc(O)cc1C(C(=O)O)NC3=O. The van der Waals surface area contributed by atoms with Crippen molar-refractivity contribution in [1.82, 2.24) is 42.5 Å². The molecule has 7 amide bonds. The first-order chi connectivity index (χ1) is 58.2. The van der Waals surface area contributed by atoms with Crippen molar-refractivity contribution in [1.29, 1.82) is 0 Å². The highest BCUT2D eigenvalue weighted by Gasteiger charge is 2.52. The molecule has 648 valence electrons. The van der Waals surface area contributed by atoms with Gasteiger partial charge in [0.25, 0.3) is 0 Å². The maximum atomic E-state index is 16.7. The number of hydrogen-bond acceptors (Lipinski definition) is 28. The number of aliphatic hydroxyl groups excluding tert-OH is 7. The minimum absolute atomic E-state index is 0.153. The van der Waals surface area contributed by atoms with Gasteiger partial charge >= 0.3 is 11.9 Å². The predicted octanol–water partition coefficient (Wildman–Crippen LogP) is 4.18. The van der Waals surface area contributed by atoms with Gasteiger partial charge in [0.05, 0.1) is 16.7 Å². The number of unbranched alkanes of at least 4 members (excludes halogenated alkanes) is 5. The smallest absolute Gasteiger partial charge is 0.335 e. The van der Waals surface area contributed by atoms with Gasteiger partial charge in [0.1, 0.15) is 125 Å². The van der Waals surface area contributed by atoms with Crippen LogP contribution in [-0.2, 0) is 59.0 Å². The molecule has 0 aromatic heterocycles. The Kier molecular flexibility index (Phi) is 26.8. The number of amides is 7. The summed E-state index contributed by atoms with van der Waals surface area (Å²) in [6.45, 7) is 3.26. The lowest BCUT2D eigenvalue weighted by atomic mass is 9.89. The molecular weight excluding hydrogens is 1640 g/mol. The molecule has 17 bridgehead atoms. The van der Waals surface area contributed by atoms with Crippen LogP contribution in [0.2, 0.25) is 10.0 Å². The molecule has 122 heavy (non-hydrogen) atoms. The molecule has 15 rings (SSSR count). The highest BCUT2D eigenvalue weighted by Crippen LogP contribution is 2.50. The van der Waals surface area contributed by atoms with E-state index in [1.54, 1.807) is 0 Å². The number of nitrogens with one attached hydrogen (secondary N) is 8. The second kappa shape index (κ2) is 37.2. The van der Waals surface area contributed by atoms with E-state index in [0.29, 0.717) is 18.8 Å². The zero-order chi connectivity index (χ0) is 87.6. The summed E-state index contributed by atoms with van der Waals surface area (Å²) in [6, 6.07) is 4.41. The average molecular weight is 1730 g/mol. The van der Waals surface area contributed by atoms with Gasteiger partial charge in [-0.1, -0.05) is 106 Å². The number of phenolic OH excluding ortho intramolecular Hbond substituents is 4. The van der Waals surface area contributed by atoms with E-state index in [1.807, 2.05) is 0 Å². The molecule has 8 aliphatic rings. The lowest BCUT2D eigenvalue weighted by Gasteiger charge is -2.41. The van der Waals surface area contributed by atoms with Crippen molar-refractivity contribution in [3.05, 3.63) is 164 Å². The highest BCUT2D eigenvalue weighted by molar-refractivity contribution is 6.33. The van der Waals surface area contributed by atoms with Crippen LogP contribution in [-0.4, -0.2) is 207 Å². The van der Waals surface area contributed by atoms with Crippen molar-refractivity contribution in [2.75, 3.05) is 13.7 Å². The second-order valence-corrected chi connectivity index (χ2v) is 31.4. The van der Waals surface area contributed by atoms with Crippen LogP contribution in [0.5, 0.6) is 69.0 Å². The van der Waals surface area contributed by atoms with Gasteiger partial charge in [-0.05, 0) is 120 Å². The summed E-state index contributed by atoms with van der Waals surface area (Å²) in [4.78, 5) is 136. The number of phenols is 4. The maximum Gasteiger partial charge on any atom is 0.335 e. The van der Waals surface area contributed by atoms with Crippen LogP contribution in [0, 0.1) is 5.92 Å². The van der Waals surface area contributed by atoms with Gasteiger partial charge in [-0.2, -0.15) is 0 Å². The van der Waals surface area contributed by atoms with Crippen LogP contribution in [0.25, 0.3) is 11.1 Å². The van der Waals surface area contributed by atoms with E-state index in [1.165, 1.54) is 49.5 Å². The van der Waals surface area contributed by atoms with Crippen molar-refractivity contribution in [2.45, 2.75) is 181 Å². The summed E-state index contributed by atoms with van der Waals surface area (Å²) in [5.74, 6) is -19.0. The van der Waals surface area contributed by atoms with Gasteiger partial charge in [0.15, 0.2) is 35.1 Å². The number of ether oxygens (including phenoxy) is 7. The molecule has 37 nitrogen and oxygen atoms in total. The van der Waals surface area contributed by atoms with Gasteiger partial charge in [0.2, 0.25) is 59.7 Å². The lowest BCUT2D eigenvalue weighted by Crippen LogP contribution is -2.66. The molecule has 7 aromatic rings. The molecule has 0 saturated carbocycles. The Morgan fingerprint density at radius 1 is 0.533 bits per heavy atom. The molecule has 18 atom stereocenters. The number of carboxylic acids is 2. The normalized spacial score (nSPS) is 26.5. The Morgan fingerprint density at radius 2 is 1.17 bits per heavy atom. The Balaban J connectivity index is 1.04. The van der Waals surface area contributed by atoms with Crippen molar-refractivity contribution in [2.24, 2.45) is 5.92 Å². The van der Waals surface area contributed by atoms with Crippen molar-refractivity contribution in [3.63, 3.8) is 0 Å². The van der Waals surface area contributed by atoms with Crippen LogP contribution in [0.4, 0.5) is 0 Å². The summed E-state index contributed by atoms with van der Waals surface area (Å²) >= 11 is 14.2. The quantitative estimate of drug-likeness (QED) is 0.0536.